The molecule has 0 aromatic heterocycles. The van der Waals surface area contributed by atoms with Crippen LogP contribution >= 0.6 is 0 Å². The summed E-state index contributed by atoms with van der Waals surface area (Å²) in [4.78, 5) is 0. The third kappa shape index (κ3) is 12.9. The highest BCUT2D eigenvalue weighted by Gasteiger charge is 2.16. The van der Waals surface area contributed by atoms with E-state index in [4.69, 9.17) is 6.42 Å². The molecule has 0 aliphatic rings. The van der Waals surface area contributed by atoms with Crippen molar-refractivity contribution in [3.05, 3.63) is 0 Å². The summed E-state index contributed by atoms with van der Waals surface area (Å²) in [6.07, 6.45) is 16.4. The summed E-state index contributed by atoms with van der Waals surface area (Å²) < 4.78 is 0. The third-order valence-corrected chi connectivity index (χ3v) is 4.54. The molecule has 0 unspecified atom stereocenters. The Morgan fingerprint density at radius 3 is 1.71 bits per heavy atom. The summed E-state index contributed by atoms with van der Waals surface area (Å²) in [5, 5.41) is 9.77. The first kappa shape index (κ1) is 20.5. The van der Waals surface area contributed by atoms with Crippen LogP contribution in [0.15, 0.2) is 0 Å². The van der Waals surface area contributed by atoms with E-state index in [2.05, 4.69) is 33.6 Å². The lowest BCUT2D eigenvalue weighted by molar-refractivity contribution is 0.107. The fourth-order valence-corrected chi connectivity index (χ4v) is 2.84. The second-order valence-electron chi connectivity index (χ2n) is 7.78. The van der Waals surface area contributed by atoms with Crippen molar-refractivity contribution in [3.8, 4) is 12.3 Å². The molecule has 0 spiro atoms. The summed E-state index contributed by atoms with van der Waals surface area (Å²) in [6.45, 7) is 11.1. The predicted molar refractivity (Wildman–Crippen MR) is 94.2 cm³/mol. The fourth-order valence-electron chi connectivity index (χ4n) is 2.84. The molecule has 21 heavy (non-hydrogen) atoms. The molecule has 1 heteroatoms. The van der Waals surface area contributed by atoms with E-state index in [-0.39, 0.29) is 0 Å². The van der Waals surface area contributed by atoms with Gasteiger partial charge in [0, 0.05) is 0 Å². The van der Waals surface area contributed by atoms with E-state index in [1.165, 1.54) is 44.9 Å². The van der Waals surface area contributed by atoms with Crippen molar-refractivity contribution in [3.63, 3.8) is 0 Å². The topological polar surface area (TPSA) is 20.2 Å². The van der Waals surface area contributed by atoms with Gasteiger partial charge in [-0.05, 0) is 37.5 Å². The maximum absolute atomic E-state index is 9.77. The highest BCUT2D eigenvalue weighted by atomic mass is 16.3. The van der Waals surface area contributed by atoms with Gasteiger partial charge in [-0.3, -0.25) is 0 Å². The molecule has 0 bridgehead atoms. The van der Waals surface area contributed by atoms with Crippen molar-refractivity contribution in [2.24, 2.45) is 17.8 Å². The lowest BCUT2D eigenvalue weighted by atomic mass is 9.90. The van der Waals surface area contributed by atoms with Gasteiger partial charge in [0.2, 0.25) is 0 Å². The van der Waals surface area contributed by atoms with Gasteiger partial charge in [-0.15, -0.1) is 6.42 Å². The maximum Gasteiger partial charge on any atom is 0.122 e. The van der Waals surface area contributed by atoms with E-state index < -0.39 is 5.60 Å². The molecular formula is C20H38O. The molecule has 0 aliphatic heterocycles. The number of rotatable bonds is 12. The Kier molecular flexibility index (Phi) is 10.9. The minimum absolute atomic E-state index is 0.722. The van der Waals surface area contributed by atoms with Gasteiger partial charge < -0.3 is 5.11 Å². The van der Waals surface area contributed by atoms with Crippen molar-refractivity contribution < 1.29 is 5.11 Å². The van der Waals surface area contributed by atoms with Crippen molar-refractivity contribution in [2.45, 2.75) is 98.0 Å². The molecule has 0 radical (unpaired) electrons. The van der Waals surface area contributed by atoms with Crippen LogP contribution in [0.4, 0.5) is 0 Å². The Morgan fingerprint density at radius 2 is 1.29 bits per heavy atom. The van der Waals surface area contributed by atoms with Gasteiger partial charge in [-0.25, -0.2) is 0 Å². The average Bonchev–Trinajstić information content (AvgIpc) is 2.38. The molecule has 0 aliphatic carbocycles. The molecule has 0 rings (SSSR count). The van der Waals surface area contributed by atoms with Crippen LogP contribution in [-0.2, 0) is 0 Å². The molecule has 0 aromatic carbocycles. The van der Waals surface area contributed by atoms with Gasteiger partial charge in [0.1, 0.15) is 5.60 Å². The van der Waals surface area contributed by atoms with Gasteiger partial charge in [0.15, 0.2) is 0 Å². The maximum atomic E-state index is 9.77. The molecule has 0 amide bonds. The van der Waals surface area contributed by atoms with Crippen LogP contribution in [0.2, 0.25) is 0 Å². The zero-order valence-corrected chi connectivity index (χ0v) is 15.1. The lowest BCUT2D eigenvalue weighted by Gasteiger charge is -2.18. The van der Waals surface area contributed by atoms with Crippen LogP contribution in [0.25, 0.3) is 0 Å². The number of aliphatic hydroxyl groups is 1. The van der Waals surface area contributed by atoms with Crippen molar-refractivity contribution in [1.82, 2.24) is 0 Å². The van der Waals surface area contributed by atoms with Gasteiger partial charge in [0.25, 0.3) is 0 Å². The second-order valence-corrected chi connectivity index (χ2v) is 7.78. The first-order valence-corrected chi connectivity index (χ1v) is 8.97. The van der Waals surface area contributed by atoms with Gasteiger partial charge in [0.05, 0.1) is 0 Å². The van der Waals surface area contributed by atoms with Crippen LogP contribution in [0.3, 0.4) is 0 Å². The summed E-state index contributed by atoms with van der Waals surface area (Å²) >= 11 is 0. The first-order chi connectivity index (χ1) is 9.76. The zero-order chi connectivity index (χ0) is 16.3. The standard InChI is InChI=1S/C20H38O/c1-7-20(6,21)16-10-15-19(5)14-9-13-18(4)12-8-11-17(2)3/h1,17-19,21H,8-16H2,2-6H3/t18-,19+,20+/m0/s1. The highest BCUT2D eigenvalue weighted by Crippen LogP contribution is 2.22. The molecule has 1 N–H and O–H groups in total. The second kappa shape index (κ2) is 11.1. The van der Waals surface area contributed by atoms with Crippen LogP contribution < -0.4 is 0 Å². The van der Waals surface area contributed by atoms with E-state index in [1.807, 2.05) is 0 Å². The average molecular weight is 295 g/mol. The number of terminal acetylenes is 1. The van der Waals surface area contributed by atoms with Crippen molar-refractivity contribution in [2.75, 3.05) is 0 Å². The van der Waals surface area contributed by atoms with Crippen LogP contribution in [-0.4, -0.2) is 10.7 Å². The third-order valence-electron chi connectivity index (χ3n) is 4.54. The number of hydrogen-bond acceptors (Lipinski definition) is 1. The SMILES string of the molecule is C#C[C@@](C)(O)CCC[C@H](C)CCC[C@@H](C)CCCC(C)C. The molecule has 3 atom stereocenters. The molecule has 124 valence electrons. The predicted octanol–water partition coefficient (Wildman–Crippen LogP) is 5.81. The summed E-state index contributed by atoms with van der Waals surface area (Å²) in [5.41, 5.74) is -0.912. The minimum Gasteiger partial charge on any atom is -0.378 e. The zero-order valence-electron chi connectivity index (χ0n) is 15.1. The monoisotopic (exact) mass is 294 g/mol. The molecular weight excluding hydrogens is 256 g/mol. The quantitative estimate of drug-likeness (QED) is 0.450. The van der Waals surface area contributed by atoms with E-state index in [9.17, 15) is 5.11 Å². The fraction of sp³-hybridized carbons (Fsp3) is 0.900. The van der Waals surface area contributed by atoms with E-state index in [0.717, 1.165) is 30.6 Å². The Labute approximate surface area is 133 Å². The molecule has 0 saturated heterocycles. The number of hydrogen-bond donors (Lipinski definition) is 1. The molecule has 0 heterocycles. The van der Waals surface area contributed by atoms with E-state index in [0.29, 0.717) is 0 Å². The largest absolute Gasteiger partial charge is 0.378 e. The van der Waals surface area contributed by atoms with Crippen molar-refractivity contribution in [1.29, 1.82) is 0 Å². The molecule has 0 saturated carbocycles. The van der Waals surface area contributed by atoms with Gasteiger partial charge in [-0.2, -0.15) is 0 Å². The normalized spacial score (nSPS) is 17.2. The van der Waals surface area contributed by atoms with Crippen LogP contribution in [0, 0.1) is 30.1 Å². The van der Waals surface area contributed by atoms with Crippen LogP contribution in [0.1, 0.15) is 92.4 Å². The Balaban J connectivity index is 3.57. The highest BCUT2D eigenvalue weighted by molar-refractivity contribution is 5.03. The van der Waals surface area contributed by atoms with E-state index >= 15 is 0 Å². The van der Waals surface area contributed by atoms with Gasteiger partial charge in [-0.1, -0.05) is 78.6 Å². The molecule has 0 aromatic rings. The lowest BCUT2D eigenvalue weighted by Crippen LogP contribution is -2.20. The summed E-state index contributed by atoms with van der Waals surface area (Å²) in [5.74, 6) is 4.93. The molecule has 1 nitrogen and oxygen atoms in total. The molecule has 0 fully saturated rings. The van der Waals surface area contributed by atoms with E-state index in [1.54, 1.807) is 6.92 Å². The Hall–Kier alpha value is -0.480. The first-order valence-electron chi connectivity index (χ1n) is 8.97. The minimum atomic E-state index is -0.912. The van der Waals surface area contributed by atoms with Crippen molar-refractivity contribution >= 4 is 0 Å². The Bertz CT molecular complexity index is 285. The summed E-state index contributed by atoms with van der Waals surface area (Å²) in [7, 11) is 0. The summed E-state index contributed by atoms with van der Waals surface area (Å²) in [6, 6.07) is 0. The Morgan fingerprint density at radius 1 is 0.857 bits per heavy atom. The van der Waals surface area contributed by atoms with Crippen LogP contribution in [0.5, 0.6) is 0 Å². The smallest absolute Gasteiger partial charge is 0.122 e. The van der Waals surface area contributed by atoms with Gasteiger partial charge >= 0.3 is 0 Å².